The van der Waals surface area contributed by atoms with Gasteiger partial charge in [-0.3, -0.25) is 4.79 Å². The third-order valence-electron chi connectivity index (χ3n) is 5.56. The number of benzene rings is 2. The average molecular weight is 567 g/mol. The Morgan fingerprint density at radius 3 is 2.26 bits per heavy atom. The van der Waals surface area contributed by atoms with Crippen molar-refractivity contribution in [1.29, 1.82) is 0 Å². The molecule has 1 N–H and O–H groups in total. The molecule has 11 heteroatoms. The van der Waals surface area contributed by atoms with Gasteiger partial charge in [0.25, 0.3) is 5.91 Å². The summed E-state index contributed by atoms with van der Waals surface area (Å²) < 4.78 is 58.8. The molecule has 1 aliphatic rings. The van der Waals surface area contributed by atoms with Crippen LogP contribution in [0.4, 0.5) is 5.69 Å². The molecule has 1 atom stereocenters. The van der Waals surface area contributed by atoms with Crippen molar-refractivity contribution in [3.05, 3.63) is 70.9 Å². The maximum Gasteiger partial charge on any atom is 0.291 e. The highest BCUT2D eigenvalue weighted by atomic mass is 79.9. The fourth-order valence-corrected chi connectivity index (χ4v) is 6.77. The van der Waals surface area contributed by atoms with Crippen molar-refractivity contribution in [1.82, 2.24) is 4.31 Å². The molecule has 0 spiro atoms. The van der Waals surface area contributed by atoms with Gasteiger partial charge in [0.2, 0.25) is 25.0 Å². The van der Waals surface area contributed by atoms with Crippen LogP contribution in [0.15, 0.2) is 84.4 Å². The van der Waals surface area contributed by atoms with Crippen molar-refractivity contribution in [3.63, 3.8) is 0 Å². The Labute approximate surface area is 207 Å². The normalized spacial score (nSPS) is 17.4. The Kier molecular flexibility index (Phi) is 6.99. The second kappa shape index (κ2) is 9.65. The van der Waals surface area contributed by atoms with E-state index in [0.29, 0.717) is 24.7 Å². The molecule has 0 unspecified atom stereocenters. The lowest BCUT2D eigenvalue weighted by Gasteiger charge is -2.30. The summed E-state index contributed by atoms with van der Waals surface area (Å²) in [5.74, 6) is -0.528. The smallest absolute Gasteiger partial charge is 0.291 e. The second-order valence-corrected chi connectivity index (χ2v) is 12.9. The van der Waals surface area contributed by atoms with Crippen LogP contribution in [0.5, 0.6) is 0 Å². The number of nitrogens with one attached hydrogen (secondary N) is 1. The van der Waals surface area contributed by atoms with Crippen LogP contribution in [0.2, 0.25) is 0 Å². The molecular weight excluding hydrogens is 544 g/mol. The Morgan fingerprint density at radius 1 is 0.971 bits per heavy atom. The number of nitrogens with zero attached hydrogens (tertiary/aromatic N) is 1. The first-order valence-corrected chi connectivity index (χ1v) is 14.3. The highest BCUT2D eigenvalue weighted by Crippen LogP contribution is 2.26. The van der Waals surface area contributed by atoms with Crippen LogP contribution in [0.1, 0.15) is 30.3 Å². The van der Waals surface area contributed by atoms with Crippen molar-refractivity contribution in [3.8, 4) is 0 Å². The highest BCUT2D eigenvalue weighted by molar-refractivity contribution is 9.10. The van der Waals surface area contributed by atoms with Gasteiger partial charge in [-0.15, -0.1) is 0 Å². The van der Waals surface area contributed by atoms with E-state index in [2.05, 4.69) is 21.2 Å². The first-order valence-electron chi connectivity index (χ1n) is 10.6. The number of furan rings is 1. The fourth-order valence-electron chi connectivity index (χ4n) is 3.73. The molecule has 34 heavy (non-hydrogen) atoms. The maximum absolute atomic E-state index is 12.9. The third-order valence-corrected chi connectivity index (χ3v) is 9.61. The molecule has 0 aliphatic carbocycles. The van der Waals surface area contributed by atoms with Gasteiger partial charge in [0.15, 0.2) is 5.76 Å². The Hall–Kier alpha value is -2.47. The van der Waals surface area contributed by atoms with E-state index >= 15 is 0 Å². The van der Waals surface area contributed by atoms with E-state index in [1.807, 2.05) is 6.92 Å². The number of carbonyl (C=O) groups excluding carboxylic acids is 1. The fraction of sp³-hybridized carbons (Fsp3) is 0.261. The number of halogens is 1. The van der Waals surface area contributed by atoms with Crippen LogP contribution in [0.25, 0.3) is 0 Å². The van der Waals surface area contributed by atoms with E-state index in [-0.39, 0.29) is 20.6 Å². The maximum atomic E-state index is 12.9. The molecule has 0 radical (unpaired) electrons. The molecule has 0 saturated carbocycles. The summed E-state index contributed by atoms with van der Waals surface area (Å²) in [5, 5.41) is 2.24. The van der Waals surface area contributed by atoms with Crippen LogP contribution in [-0.2, 0) is 19.9 Å². The van der Waals surface area contributed by atoms with Crippen molar-refractivity contribution < 1.29 is 26.0 Å². The number of piperidine rings is 1. The topological polar surface area (TPSA) is 114 Å². The largest absolute Gasteiger partial charge is 0.439 e. The lowest BCUT2D eigenvalue weighted by molar-refractivity contribution is 0.0991. The Bertz CT molecular complexity index is 1400. The summed E-state index contributed by atoms with van der Waals surface area (Å²) in [6.45, 7) is 3.02. The molecule has 1 amide bonds. The molecule has 8 nitrogen and oxygen atoms in total. The molecule has 2 heterocycles. The number of anilines is 1. The molecule has 1 saturated heterocycles. The number of sulfonamides is 1. The Morgan fingerprint density at radius 2 is 1.62 bits per heavy atom. The summed E-state index contributed by atoms with van der Waals surface area (Å²) in [6, 6.07) is 14.4. The molecule has 1 aliphatic heterocycles. The zero-order valence-corrected chi connectivity index (χ0v) is 21.5. The van der Waals surface area contributed by atoms with E-state index in [1.54, 1.807) is 12.1 Å². The number of hydrogen-bond donors (Lipinski definition) is 1. The van der Waals surface area contributed by atoms with Crippen LogP contribution >= 0.6 is 15.9 Å². The van der Waals surface area contributed by atoms with Crippen molar-refractivity contribution >= 4 is 47.4 Å². The standard InChI is InChI=1S/C23H23BrN2O6S2/c1-16-3-2-14-26(15-16)34(30,31)20-10-6-18(7-11-20)25-23(27)21-12-13-22(32-21)33(28,29)19-8-4-17(24)5-9-19/h4-13,16H,2-3,14-15H2,1H3,(H,25,27)/t16-/m0/s1. The van der Waals surface area contributed by atoms with Crippen LogP contribution in [-0.4, -0.2) is 40.1 Å². The lowest BCUT2D eigenvalue weighted by Crippen LogP contribution is -2.39. The van der Waals surface area contributed by atoms with E-state index in [9.17, 15) is 21.6 Å². The minimum Gasteiger partial charge on any atom is -0.439 e. The van der Waals surface area contributed by atoms with Crippen LogP contribution < -0.4 is 5.32 Å². The number of rotatable bonds is 6. The van der Waals surface area contributed by atoms with E-state index < -0.39 is 25.8 Å². The lowest BCUT2D eigenvalue weighted by atomic mass is 10.0. The quantitative estimate of drug-likeness (QED) is 0.468. The SMILES string of the molecule is C[C@H]1CCCN(S(=O)(=O)c2ccc(NC(=O)c3ccc(S(=O)(=O)c4ccc(Br)cc4)o3)cc2)C1. The summed E-state index contributed by atoms with van der Waals surface area (Å²) in [4.78, 5) is 12.8. The van der Waals surface area contributed by atoms with Crippen molar-refractivity contribution in [2.24, 2.45) is 5.92 Å². The van der Waals surface area contributed by atoms with Gasteiger partial charge in [0.05, 0.1) is 9.79 Å². The minimum absolute atomic E-state index is 0.0388. The number of sulfone groups is 1. The minimum atomic E-state index is -3.92. The van der Waals surface area contributed by atoms with E-state index in [0.717, 1.165) is 17.3 Å². The van der Waals surface area contributed by atoms with E-state index in [1.165, 1.54) is 52.8 Å². The van der Waals surface area contributed by atoms with Gasteiger partial charge in [-0.25, -0.2) is 16.8 Å². The molecule has 2 aromatic carbocycles. The number of carbonyl (C=O) groups is 1. The molecule has 180 valence electrons. The number of amides is 1. The third kappa shape index (κ3) is 5.12. The van der Waals surface area contributed by atoms with Gasteiger partial charge >= 0.3 is 0 Å². The van der Waals surface area contributed by atoms with Gasteiger partial charge in [-0.1, -0.05) is 22.9 Å². The zero-order valence-electron chi connectivity index (χ0n) is 18.3. The summed E-state index contributed by atoms with van der Waals surface area (Å²) in [5.41, 5.74) is 0.352. The van der Waals surface area contributed by atoms with Gasteiger partial charge in [-0.2, -0.15) is 4.31 Å². The first-order chi connectivity index (χ1) is 16.1. The Balaban J connectivity index is 1.46. The zero-order chi connectivity index (χ0) is 24.5. The molecule has 0 bridgehead atoms. The molecule has 3 aromatic rings. The highest BCUT2D eigenvalue weighted by Gasteiger charge is 2.29. The molecule has 4 rings (SSSR count). The van der Waals surface area contributed by atoms with Gasteiger partial charge in [0, 0.05) is 23.2 Å². The molecular formula is C23H23BrN2O6S2. The van der Waals surface area contributed by atoms with Crippen LogP contribution in [0.3, 0.4) is 0 Å². The van der Waals surface area contributed by atoms with Gasteiger partial charge in [0.1, 0.15) is 0 Å². The number of hydrogen-bond acceptors (Lipinski definition) is 6. The molecule has 1 aromatic heterocycles. The van der Waals surface area contributed by atoms with Crippen molar-refractivity contribution in [2.45, 2.75) is 34.6 Å². The molecule has 1 fully saturated rings. The predicted molar refractivity (Wildman–Crippen MR) is 130 cm³/mol. The second-order valence-electron chi connectivity index (χ2n) is 8.16. The predicted octanol–water partition coefficient (Wildman–Crippen LogP) is 4.55. The van der Waals surface area contributed by atoms with Crippen molar-refractivity contribution in [2.75, 3.05) is 18.4 Å². The van der Waals surface area contributed by atoms with Gasteiger partial charge in [-0.05, 0) is 79.4 Å². The van der Waals surface area contributed by atoms with Crippen LogP contribution in [0, 0.1) is 5.92 Å². The summed E-state index contributed by atoms with van der Waals surface area (Å²) in [7, 11) is -7.52. The first kappa shape index (κ1) is 24.6. The van der Waals surface area contributed by atoms with Gasteiger partial charge < -0.3 is 9.73 Å². The van der Waals surface area contributed by atoms with E-state index in [4.69, 9.17) is 4.42 Å². The summed E-state index contributed by atoms with van der Waals surface area (Å²) in [6.07, 6.45) is 1.84. The average Bonchev–Trinajstić information content (AvgIpc) is 3.31. The summed E-state index contributed by atoms with van der Waals surface area (Å²) >= 11 is 3.25. The monoisotopic (exact) mass is 566 g/mol.